The number of piperazine rings is 2. The van der Waals surface area contributed by atoms with E-state index in [1.807, 2.05) is 46.3 Å². The normalized spacial score (nSPS) is 16.7. The number of benzene rings is 2. The molecule has 2 aliphatic rings. The molecule has 0 atom stereocenters. The van der Waals surface area contributed by atoms with Crippen molar-refractivity contribution in [1.29, 1.82) is 0 Å². The topological polar surface area (TPSA) is 47.1 Å². The van der Waals surface area contributed by atoms with Crippen molar-refractivity contribution in [2.75, 3.05) is 65.4 Å². The SMILES string of the molecule is Cc1ccc(/C=C/C=C/C(=O)N2CCN(CCCN3CCN(C(=O)/C=C/C=C/c4ccc(C)cc4)CC3)CC2)cc1.Cl.Cl. The van der Waals surface area contributed by atoms with Gasteiger partial charge < -0.3 is 9.80 Å². The van der Waals surface area contributed by atoms with Gasteiger partial charge in [0.15, 0.2) is 0 Å². The van der Waals surface area contributed by atoms with Gasteiger partial charge >= 0.3 is 0 Å². The molecule has 6 nitrogen and oxygen atoms in total. The molecule has 0 N–H and O–H groups in total. The standard InChI is InChI=1S/C35H44N4O2.2ClH/c1-30-12-16-32(17-13-30)8-3-5-10-34(40)38-26-22-36(23-27-38)20-7-21-37-24-28-39(29-25-37)35(41)11-6-4-9-33-18-14-31(2)15-19-33;;/h3-6,8-19H,7,20-29H2,1-2H3;2*1H/b8-3+,9-4+,10-5+,11-6+;;. The zero-order valence-electron chi connectivity index (χ0n) is 25.4. The summed E-state index contributed by atoms with van der Waals surface area (Å²) in [5.41, 5.74) is 4.74. The first-order valence-corrected chi connectivity index (χ1v) is 14.8. The Balaban J connectivity index is 0.00000323. The first-order valence-electron chi connectivity index (χ1n) is 14.8. The van der Waals surface area contributed by atoms with Crippen molar-refractivity contribution < 1.29 is 9.59 Å². The Kier molecular flexibility index (Phi) is 16.1. The number of halogens is 2. The molecule has 8 heteroatoms. The van der Waals surface area contributed by atoms with Gasteiger partial charge in [-0.2, -0.15) is 0 Å². The second-order valence-corrected chi connectivity index (χ2v) is 10.9. The number of aryl methyl sites for hydroxylation is 2. The van der Waals surface area contributed by atoms with Crippen LogP contribution in [0.2, 0.25) is 0 Å². The molecule has 2 saturated heterocycles. The van der Waals surface area contributed by atoms with Crippen LogP contribution in [0.15, 0.2) is 85.0 Å². The van der Waals surface area contributed by atoms with Crippen molar-refractivity contribution in [3.63, 3.8) is 0 Å². The second kappa shape index (κ2) is 19.2. The van der Waals surface area contributed by atoms with E-state index in [9.17, 15) is 9.59 Å². The predicted octanol–water partition coefficient (Wildman–Crippen LogP) is 5.66. The number of amides is 2. The maximum atomic E-state index is 12.5. The Morgan fingerprint density at radius 2 is 0.907 bits per heavy atom. The van der Waals surface area contributed by atoms with Crippen LogP contribution >= 0.6 is 24.8 Å². The fraction of sp³-hybridized carbons (Fsp3) is 0.371. The lowest BCUT2D eigenvalue weighted by molar-refractivity contribution is -0.128. The number of allylic oxidation sites excluding steroid dienone is 4. The molecule has 2 fully saturated rings. The number of carbonyl (C=O) groups is 2. The van der Waals surface area contributed by atoms with Crippen molar-refractivity contribution in [2.45, 2.75) is 20.3 Å². The quantitative estimate of drug-likeness (QED) is 0.253. The third-order valence-electron chi connectivity index (χ3n) is 7.75. The summed E-state index contributed by atoms with van der Waals surface area (Å²) in [5.74, 6) is 0.172. The van der Waals surface area contributed by atoms with Crippen molar-refractivity contribution in [1.82, 2.24) is 19.6 Å². The molecule has 0 radical (unpaired) electrons. The lowest BCUT2D eigenvalue weighted by Gasteiger charge is -2.36. The average molecular weight is 626 g/mol. The second-order valence-electron chi connectivity index (χ2n) is 10.9. The van der Waals surface area contributed by atoms with Crippen LogP contribution in [0, 0.1) is 13.8 Å². The molecule has 232 valence electrons. The number of hydrogen-bond donors (Lipinski definition) is 0. The van der Waals surface area contributed by atoms with Crippen molar-refractivity contribution in [3.05, 3.63) is 107 Å². The highest BCUT2D eigenvalue weighted by atomic mass is 35.5. The van der Waals surface area contributed by atoms with E-state index in [1.165, 1.54) is 11.1 Å². The fourth-order valence-electron chi connectivity index (χ4n) is 5.08. The van der Waals surface area contributed by atoms with Crippen LogP contribution in [0.3, 0.4) is 0 Å². The Labute approximate surface area is 270 Å². The predicted molar refractivity (Wildman–Crippen MR) is 184 cm³/mol. The summed E-state index contributed by atoms with van der Waals surface area (Å²) in [6.45, 7) is 13.0. The molecule has 0 unspecified atom stereocenters. The molecule has 0 saturated carbocycles. The van der Waals surface area contributed by atoms with E-state index in [0.29, 0.717) is 0 Å². The molecule has 2 aromatic rings. The third kappa shape index (κ3) is 12.5. The van der Waals surface area contributed by atoms with Crippen LogP contribution in [0.1, 0.15) is 28.7 Å². The van der Waals surface area contributed by atoms with E-state index in [-0.39, 0.29) is 36.6 Å². The zero-order valence-corrected chi connectivity index (χ0v) is 27.1. The Bertz CT molecular complexity index is 1140. The van der Waals surface area contributed by atoms with E-state index < -0.39 is 0 Å². The lowest BCUT2D eigenvalue weighted by atomic mass is 10.1. The van der Waals surface area contributed by atoms with Crippen LogP contribution in [-0.2, 0) is 9.59 Å². The van der Waals surface area contributed by atoms with Gasteiger partial charge in [-0.15, -0.1) is 24.8 Å². The number of nitrogens with zero attached hydrogens (tertiary/aromatic N) is 4. The van der Waals surface area contributed by atoms with Gasteiger partial charge in [-0.1, -0.05) is 96.1 Å². The number of hydrogen-bond acceptors (Lipinski definition) is 4. The molecule has 2 heterocycles. The molecule has 0 spiro atoms. The van der Waals surface area contributed by atoms with Gasteiger partial charge in [0, 0.05) is 64.5 Å². The minimum Gasteiger partial charge on any atom is -0.337 e. The molecule has 0 aliphatic carbocycles. The number of rotatable bonds is 10. The zero-order chi connectivity index (χ0) is 28.9. The van der Waals surface area contributed by atoms with Crippen LogP contribution in [0.25, 0.3) is 12.2 Å². The van der Waals surface area contributed by atoms with Gasteiger partial charge in [0.2, 0.25) is 11.8 Å². The smallest absolute Gasteiger partial charge is 0.246 e. The van der Waals surface area contributed by atoms with Crippen LogP contribution in [0.4, 0.5) is 0 Å². The summed E-state index contributed by atoms with van der Waals surface area (Å²) in [6.07, 6.45) is 16.0. The summed E-state index contributed by atoms with van der Waals surface area (Å²) in [7, 11) is 0. The van der Waals surface area contributed by atoms with Gasteiger partial charge in [0.25, 0.3) is 0 Å². The average Bonchev–Trinajstić information content (AvgIpc) is 3.00. The van der Waals surface area contributed by atoms with E-state index >= 15 is 0 Å². The van der Waals surface area contributed by atoms with E-state index in [0.717, 1.165) is 83.0 Å². The molecular weight excluding hydrogens is 579 g/mol. The summed E-state index contributed by atoms with van der Waals surface area (Å²) in [4.78, 5) is 33.9. The molecule has 0 bridgehead atoms. The highest BCUT2D eigenvalue weighted by Crippen LogP contribution is 2.09. The van der Waals surface area contributed by atoms with Crippen LogP contribution in [0.5, 0.6) is 0 Å². The van der Waals surface area contributed by atoms with Crippen molar-refractivity contribution in [2.24, 2.45) is 0 Å². The lowest BCUT2D eigenvalue weighted by Crippen LogP contribution is -2.50. The van der Waals surface area contributed by atoms with Gasteiger partial charge in [0.1, 0.15) is 0 Å². The van der Waals surface area contributed by atoms with Gasteiger partial charge in [-0.05, 0) is 44.5 Å². The summed E-state index contributed by atoms with van der Waals surface area (Å²) in [5, 5.41) is 0. The van der Waals surface area contributed by atoms with E-state index in [4.69, 9.17) is 0 Å². The van der Waals surface area contributed by atoms with E-state index in [2.05, 4.69) is 72.2 Å². The van der Waals surface area contributed by atoms with Gasteiger partial charge in [0.05, 0.1) is 0 Å². The molecule has 0 aromatic heterocycles. The highest BCUT2D eigenvalue weighted by Gasteiger charge is 2.21. The minimum absolute atomic E-state index is 0. The Morgan fingerprint density at radius 3 is 1.26 bits per heavy atom. The first-order chi connectivity index (χ1) is 20.0. The maximum Gasteiger partial charge on any atom is 0.246 e. The molecule has 2 amide bonds. The summed E-state index contributed by atoms with van der Waals surface area (Å²) >= 11 is 0. The Hall–Kier alpha value is -3.16. The van der Waals surface area contributed by atoms with E-state index in [1.54, 1.807) is 12.2 Å². The molecular formula is C35H46Cl2N4O2. The van der Waals surface area contributed by atoms with Crippen molar-refractivity contribution >= 4 is 48.8 Å². The van der Waals surface area contributed by atoms with Crippen LogP contribution in [-0.4, -0.2) is 96.9 Å². The first kappa shape index (κ1) is 36.0. The van der Waals surface area contributed by atoms with Gasteiger partial charge in [-0.3, -0.25) is 19.4 Å². The molecule has 2 aromatic carbocycles. The summed E-state index contributed by atoms with van der Waals surface area (Å²) < 4.78 is 0. The minimum atomic E-state index is 0. The monoisotopic (exact) mass is 624 g/mol. The summed E-state index contributed by atoms with van der Waals surface area (Å²) in [6, 6.07) is 16.7. The largest absolute Gasteiger partial charge is 0.337 e. The van der Waals surface area contributed by atoms with Gasteiger partial charge in [-0.25, -0.2) is 0 Å². The highest BCUT2D eigenvalue weighted by molar-refractivity contribution is 5.88. The fourth-order valence-corrected chi connectivity index (χ4v) is 5.08. The Morgan fingerprint density at radius 1 is 0.558 bits per heavy atom. The molecule has 43 heavy (non-hydrogen) atoms. The number of carbonyl (C=O) groups excluding carboxylic acids is 2. The molecule has 2 aliphatic heterocycles. The molecule has 4 rings (SSSR count). The third-order valence-corrected chi connectivity index (χ3v) is 7.75. The maximum absolute atomic E-state index is 12.5. The van der Waals surface area contributed by atoms with Crippen molar-refractivity contribution in [3.8, 4) is 0 Å². The van der Waals surface area contributed by atoms with Crippen LogP contribution < -0.4 is 0 Å².